The van der Waals surface area contributed by atoms with Crippen LogP contribution in [-0.2, 0) is 21.6 Å². The highest BCUT2D eigenvalue weighted by Crippen LogP contribution is 2.43. The Morgan fingerprint density at radius 2 is 2.08 bits per heavy atom. The van der Waals surface area contributed by atoms with Crippen LogP contribution >= 0.6 is 0 Å². The number of likely N-dealkylation sites (tertiary alicyclic amines) is 1. The Balaban J connectivity index is 1.37. The highest BCUT2D eigenvalue weighted by Gasteiger charge is 2.44. The number of aromatic nitrogens is 1. The lowest BCUT2D eigenvalue weighted by molar-refractivity contribution is -0.145. The molecule has 26 heavy (non-hydrogen) atoms. The van der Waals surface area contributed by atoms with Gasteiger partial charge in [-0.15, -0.1) is 0 Å². The summed E-state index contributed by atoms with van der Waals surface area (Å²) in [6.45, 7) is 4.25. The Hall–Kier alpha value is -1.85. The third-order valence-electron chi connectivity index (χ3n) is 6.53. The molecule has 4 heterocycles. The maximum atomic E-state index is 12.8. The number of benzene rings is 1. The van der Waals surface area contributed by atoms with Crippen molar-refractivity contribution >= 4 is 16.8 Å². The summed E-state index contributed by atoms with van der Waals surface area (Å²) in [7, 11) is 0. The molecular formula is C21H27N3O2. The molecular weight excluding hydrogens is 326 g/mol. The molecule has 1 atom stereocenters. The fourth-order valence-electron chi connectivity index (χ4n) is 5.07. The van der Waals surface area contributed by atoms with Crippen LogP contribution in [0.5, 0.6) is 0 Å². The SMILES string of the molecule is O=C([C@H]1CCCNC1)N1CCC2(CC1)OCCc1c2[nH]c2ccccc12. The average Bonchev–Trinajstić information content (AvgIpc) is 3.09. The number of para-hydroxylation sites is 1. The van der Waals surface area contributed by atoms with E-state index in [1.54, 1.807) is 0 Å². The number of piperidine rings is 2. The second kappa shape index (κ2) is 6.39. The van der Waals surface area contributed by atoms with E-state index in [-0.39, 0.29) is 11.5 Å². The lowest BCUT2D eigenvalue weighted by atomic mass is 9.82. The summed E-state index contributed by atoms with van der Waals surface area (Å²) in [5, 5.41) is 4.69. The van der Waals surface area contributed by atoms with E-state index in [0.717, 1.165) is 64.9 Å². The third kappa shape index (κ3) is 2.57. The van der Waals surface area contributed by atoms with Gasteiger partial charge < -0.3 is 19.9 Å². The van der Waals surface area contributed by atoms with Crippen molar-refractivity contribution in [2.45, 2.75) is 37.7 Å². The van der Waals surface area contributed by atoms with E-state index in [2.05, 4.69) is 39.5 Å². The summed E-state index contributed by atoms with van der Waals surface area (Å²) in [6, 6.07) is 8.55. The minimum Gasteiger partial charge on any atom is -0.368 e. The zero-order valence-electron chi connectivity index (χ0n) is 15.2. The maximum absolute atomic E-state index is 12.8. The van der Waals surface area contributed by atoms with E-state index >= 15 is 0 Å². The van der Waals surface area contributed by atoms with Crippen LogP contribution in [0.15, 0.2) is 24.3 Å². The Morgan fingerprint density at radius 1 is 1.23 bits per heavy atom. The highest BCUT2D eigenvalue weighted by molar-refractivity contribution is 5.85. The topological polar surface area (TPSA) is 57.4 Å². The van der Waals surface area contributed by atoms with Crippen LogP contribution in [0.25, 0.3) is 10.9 Å². The van der Waals surface area contributed by atoms with Gasteiger partial charge in [0.1, 0.15) is 5.60 Å². The van der Waals surface area contributed by atoms with Gasteiger partial charge in [0.25, 0.3) is 0 Å². The highest BCUT2D eigenvalue weighted by atomic mass is 16.5. The molecule has 5 rings (SSSR count). The van der Waals surface area contributed by atoms with Gasteiger partial charge in [0.2, 0.25) is 5.91 Å². The number of hydrogen-bond acceptors (Lipinski definition) is 3. The molecule has 0 radical (unpaired) electrons. The zero-order valence-corrected chi connectivity index (χ0v) is 15.2. The summed E-state index contributed by atoms with van der Waals surface area (Å²) < 4.78 is 6.35. The average molecular weight is 353 g/mol. The molecule has 1 spiro atoms. The number of carbonyl (C=O) groups excluding carboxylic acids is 1. The zero-order chi connectivity index (χ0) is 17.6. The summed E-state index contributed by atoms with van der Waals surface area (Å²) in [4.78, 5) is 18.6. The van der Waals surface area contributed by atoms with E-state index in [0.29, 0.717) is 5.91 Å². The van der Waals surface area contributed by atoms with Gasteiger partial charge >= 0.3 is 0 Å². The molecule has 5 heteroatoms. The van der Waals surface area contributed by atoms with E-state index < -0.39 is 0 Å². The van der Waals surface area contributed by atoms with Crippen LogP contribution in [0.1, 0.15) is 36.9 Å². The van der Waals surface area contributed by atoms with Gasteiger partial charge in [-0.05, 0) is 50.3 Å². The predicted octanol–water partition coefficient (Wildman–Crippen LogP) is 2.56. The molecule has 2 saturated heterocycles. The van der Waals surface area contributed by atoms with Crippen molar-refractivity contribution in [3.8, 4) is 0 Å². The lowest BCUT2D eigenvalue weighted by Crippen LogP contribution is -2.51. The second-order valence-electron chi connectivity index (χ2n) is 7.99. The van der Waals surface area contributed by atoms with Crippen LogP contribution in [0.4, 0.5) is 0 Å². The van der Waals surface area contributed by atoms with Crippen LogP contribution in [0.3, 0.4) is 0 Å². The van der Waals surface area contributed by atoms with Crippen molar-refractivity contribution in [2.75, 3.05) is 32.8 Å². The van der Waals surface area contributed by atoms with Gasteiger partial charge in [0.05, 0.1) is 18.2 Å². The van der Waals surface area contributed by atoms with E-state index in [4.69, 9.17) is 4.74 Å². The Morgan fingerprint density at radius 3 is 2.88 bits per heavy atom. The Labute approximate surface area is 154 Å². The molecule has 2 N–H and O–H groups in total. The van der Waals surface area contributed by atoms with Gasteiger partial charge in [-0.25, -0.2) is 0 Å². The van der Waals surface area contributed by atoms with Gasteiger partial charge in [-0.1, -0.05) is 18.2 Å². The molecule has 3 aliphatic heterocycles. The second-order valence-corrected chi connectivity index (χ2v) is 7.99. The Bertz CT molecular complexity index is 814. The monoisotopic (exact) mass is 353 g/mol. The first-order chi connectivity index (χ1) is 12.8. The minimum absolute atomic E-state index is 0.161. The van der Waals surface area contributed by atoms with Gasteiger partial charge in [0, 0.05) is 30.5 Å². The maximum Gasteiger partial charge on any atom is 0.226 e. The summed E-state index contributed by atoms with van der Waals surface area (Å²) in [5.74, 6) is 0.494. The number of carbonyl (C=O) groups is 1. The molecule has 2 fully saturated rings. The number of amides is 1. The van der Waals surface area contributed by atoms with Gasteiger partial charge in [-0.2, -0.15) is 0 Å². The number of hydrogen-bond donors (Lipinski definition) is 2. The van der Waals surface area contributed by atoms with E-state index in [1.165, 1.54) is 22.2 Å². The first-order valence-electron chi connectivity index (χ1n) is 10.0. The third-order valence-corrected chi connectivity index (χ3v) is 6.53. The van der Waals surface area contributed by atoms with Crippen molar-refractivity contribution in [2.24, 2.45) is 5.92 Å². The number of nitrogens with one attached hydrogen (secondary N) is 2. The fraction of sp³-hybridized carbons (Fsp3) is 0.571. The molecule has 5 nitrogen and oxygen atoms in total. The predicted molar refractivity (Wildman–Crippen MR) is 101 cm³/mol. The first kappa shape index (κ1) is 16.3. The number of H-pyrrole nitrogens is 1. The molecule has 1 aromatic carbocycles. The molecule has 2 aromatic rings. The molecule has 0 saturated carbocycles. The molecule has 1 amide bonds. The standard InChI is InChI=1S/C21H27N3O2/c25-20(15-4-3-10-22-14-15)24-11-8-21(9-12-24)19-17(7-13-26-21)16-5-1-2-6-18(16)23-19/h1-2,5-6,15,22-23H,3-4,7-14H2/t15-/m0/s1. The van der Waals surface area contributed by atoms with Crippen LogP contribution in [0.2, 0.25) is 0 Å². The van der Waals surface area contributed by atoms with Crippen molar-refractivity contribution in [3.63, 3.8) is 0 Å². The number of rotatable bonds is 1. The molecule has 3 aliphatic rings. The molecule has 0 unspecified atom stereocenters. The molecule has 138 valence electrons. The summed E-state index contributed by atoms with van der Waals surface area (Å²) >= 11 is 0. The minimum atomic E-state index is -0.242. The number of fused-ring (bicyclic) bond motifs is 4. The summed E-state index contributed by atoms with van der Waals surface area (Å²) in [6.07, 6.45) is 4.88. The largest absolute Gasteiger partial charge is 0.368 e. The van der Waals surface area contributed by atoms with Crippen molar-refractivity contribution in [1.82, 2.24) is 15.2 Å². The van der Waals surface area contributed by atoms with E-state index in [1.807, 2.05) is 0 Å². The fourth-order valence-corrected chi connectivity index (χ4v) is 5.07. The molecule has 0 bridgehead atoms. The van der Waals surface area contributed by atoms with Gasteiger partial charge in [0.15, 0.2) is 0 Å². The lowest BCUT2D eigenvalue weighted by Gasteiger charge is -2.44. The summed E-state index contributed by atoms with van der Waals surface area (Å²) in [5.41, 5.74) is 3.64. The van der Waals surface area contributed by atoms with Gasteiger partial charge in [-0.3, -0.25) is 4.79 Å². The van der Waals surface area contributed by atoms with Crippen molar-refractivity contribution < 1.29 is 9.53 Å². The quantitative estimate of drug-likeness (QED) is 0.828. The Kier molecular flexibility index (Phi) is 4.02. The number of ether oxygens (including phenoxy) is 1. The molecule has 1 aromatic heterocycles. The first-order valence-corrected chi connectivity index (χ1v) is 10.0. The number of nitrogens with zero attached hydrogens (tertiary/aromatic N) is 1. The van der Waals surface area contributed by atoms with Crippen molar-refractivity contribution in [3.05, 3.63) is 35.5 Å². The molecule has 0 aliphatic carbocycles. The van der Waals surface area contributed by atoms with E-state index in [9.17, 15) is 4.79 Å². The number of aromatic amines is 1. The van der Waals surface area contributed by atoms with Crippen molar-refractivity contribution in [1.29, 1.82) is 0 Å². The smallest absolute Gasteiger partial charge is 0.226 e. The normalized spacial score (nSPS) is 25.4. The van der Waals surface area contributed by atoms with Crippen LogP contribution in [0, 0.1) is 5.92 Å². The van der Waals surface area contributed by atoms with Crippen LogP contribution in [-0.4, -0.2) is 48.6 Å². The van der Waals surface area contributed by atoms with Crippen LogP contribution < -0.4 is 5.32 Å².